The van der Waals surface area contributed by atoms with E-state index in [1.807, 2.05) is 72.9 Å². The van der Waals surface area contributed by atoms with Gasteiger partial charge < -0.3 is 5.32 Å². The molecule has 1 amide bonds. The highest BCUT2D eigenvalue weighted by atomic mass is 16.1. The van der Waals surface area contributed by atoms with E-state index in [-0.39, 0.29) is 5.91 Å². The van der Waals surface area contributed by atoms with Crippen molar-refractivity contribution in [2.45, 2.75) is 13.5 Å². The normalized spacial score (nSPS) is 10.7. The zero-order valence-corrected chi connectivity index (χ0v) is 15.1. The van der Waals surface area contributed by atoms with Gasteiger partial charge in [0, 0.05) is 29.3 Å². The molecule has 3 heteroatoms. The molecule has 27 heavy (non-hydrogen) atoms. The number of aromatic nitrogens is 1. The number of fused-ring (bicyclic) bond motifs is 1. The summed E-state index contributed by atoms with van der Waals surface area (Å²) in [6, 6.07) is 25.9. The number of pyridine rings is 1. The molecule has 1 aromatic heterocycles. The van der Waals surface area contributed by atoms with Crippen LogP contribution in [0.2, 0.25) is 0 Å². The second kappa shape index (κ2) is 7.42. The Morgan fingerprint density at radius 1 is 0.889 bits per heavy atom. The molecule has 0 aliphatic carbocycles. The zero-order valence-electron chi connectivity index (χ0n) is 15.1. The summed E-state index contributed by atoms with van der Waals surface area (Å²) in [6.45, 7) is 2.57. The molecule has 0 saturated heterocycles. The minimum Gasteiger partial charge on any atom is -0.348 e. The topological polar surface area (TPSA) is 42.0 Å². The summed E-state index contributed by atoms with van der Waals surface area (Å²) in [5.74, 6) is -0.0751. The van der Waals surface area contributed by atoms with Crippen molar-refractivity contribution in [3.63, 3.8) is 0 Å². The lowest BCUT2D eigenvalue weighted by Gasteiger charge is -2.09. The van der Waals surface area contributed by atoms with E-state index in [1.165, 1.54) is 5.56 Å². The number of carbonyl (C=O) groups excluding carboxylic acids is 1. The molecule has 0 radical (unpaired) electrons. The largest absolute Gasteiger partial charge is 0.348 e. The number of hydrogen-bond donors (Lipinski definition) is 1. The number of hydrogen-bond acceptors (Lipinski definition) is 2. The van der Waals surface area contributed by atoms with Crippen LogP contribution in [-0.2, 0) is 6.54 Å². The Bertz CT molecular complexity index is 1120. The molecule has 0 saturated carbocycles. The summed E-state index contributed by atoms with van der Waals surface area (Å²) in [6.07, 6.45) is 1.85. The van der Waals surface area contributed by atoms with Crippen LogP contribution < -0.4 is 5.32 Å². The van der Waals surface area contributed by atoms with Crippen molar-refractivity contribution in [2.75, 3.05) is 0 Å². The number of nitrogens with zero attached hydrogens (tertiary/aromatic N) is 1. The molecule has 0 spiro atoms. The number of amides is 1. The average Bonchev–Trinajstić information content (AvgIpc) is 2.72. The third-order valence-corrected chi connectivity index (χ3v) is 4.75. The van der Waals surface area contributed by atoms with Crippen LogP contribution in [0, 0.1) is 6.92 Å². The molecule has 1 heterocycles. The minimum absolute atomic E-state index is 0.0751. The van der Waals surface area contributed by atoms with Gasteiger partial charge in [-0.15, -0.1) is 0 Å². The van der Waals surface area contributed by atoms with Gasteiger partial charge in [-0.2, -0.15) is 0 Å². The van der Waals surface area contributed by atoms with Crippen LogP contribution in [0.3, 0.4) is 0 Å². The molecule has 3 nitrogen and oxygen atoms in total. The van der Waals surface area contributed by atoms with Gasteiger partial charge in [0.25, 0.3) is 5.91 Å². The Kier molecular flexibility index (Phi) is 4.67. The summed E-state index contributed by atoms with van der Waals surface area (Å²) in [5, 5.41) is 4.10. The van der Waals surface area contributed by atoms with Gasteiger partial charge in [-0.3, -0.25) is 9.78 Å². The van der Waals surface area contributed by atoms with Crippen molar-refractivity contribution >= 4 is 16.8 Å². The van der Waals surface area contributed by atoms with E-state index in [9.17, 15) is 4.79 Å². The third-order valence-electron chi connectivity index (χ3n) is 4.75. The molecule has 0 unspecified atom stereocenters. The van der Waals surface area contributed by atoms with Crippen LogP contribution >= 0.6 is 0 Å². The van der Waals surface area contributed by atoms with E-state index in [4.69, 9.17) is 0 Å². The lowest BCUT2D eigenvalue weighted by molar-refractivity contribution is 0.0951. The standard InChI is InChI=1S/C24H20N2O/c1-17-7-2-3-9-21(17)15-26-24(27)20-11-6-10-18(13-20)22-14-19-8-4-5-12-23(19)25-16-22/h2-14,16H,15H2,1H3,(H,26,27). The SMILES string of the molecule is Cc1ccccc1CNC(=O)c1cccc(-c2cnc3ccccc3c2)c1. The number of rotatable bonds is 4. The molecule has 0 aliphatic heterocycles. The minimum atomic E-state index is -0.0751. The Hall–Kier alpha value is -3.46. The highest BCUT2D eigenvalue weighted by Gasteiger charge is 2.08. The lowest BCUT2D eigenvalue weighted by atomic mass is 10.0. The van der Waals surface area contributed by atoms with E-state index in [1.54, 1.807) is 0 Å². The van der Waals surface area contributed by atoms with Crippen molar-refractivity contribution < 1.29 is 4.79 Å². The first kappa shape index (κ1) is 17.0. The first-order valence-corrected chi connectivity index (χ1v) is 8.99. The Balaban J connectivity index is 1.56. The molecule has 1 N–H and O–H groups in total. The van der Waals surface area contributed by atoms with Crippen LogP contribution in [0.1, 0.15) is 21.5 Å². The van der Waals surface area contributed by atoms with E-state index in [0.29, 0.717) is 12.1 Å². The molecule has 4 rings (SSSR count). The van der Waals surface area contributed by atoms with E-state index in [0.717, 1.165) is 27.6 Å². The third kappa shape index (κ3) is 3.72. The second-order valence-electron chi connectivity index (χ2n) is 6.61. The summed E-state index contributed by atoms with van der Waals surface area (Å²) in [5.41, 5.74) is 5.90. The van der Waals surface area contributed by atoms with Gasteiger partial charge >= 0.3 is 0 Å². The van der Waals surface area contributed by atoms with E-state index < -0.39 is 0 Å². The molecule has 132 valence electrons. The molecule has 0 aliphatic rings. The Morgan fingerprint density at radius 2 is 1.70 bits per heavy atom. The zero-order chi connectivity index (χ0) is 18.6. The van der Waals surface area contributed by atoms with Gasteiger partial charge in [-0.25, -0.2) is 0 Å². The predicted molar refractivity (Wildman–Crippen MR) is 110 cm³/mol. The van der Waals surface area contributed by atoms with Gasteiger partial charge in [0.15, 0.2) is 0 Å². The van der Waals surface area contributed by atoms with Gasteiger partial charge in [-0.1, -0.05) is 54.6 Å². The first-order valence-electron chi connectivity index (χ1n) is 8.99. The van der Waals surface area contributed by atoms with Crippen molar-refractivity contribution in [1.82, 2.24) is 10.3 Å². The fraction of sp³-hybridized carbons (Fsp3) is 0.0833. The quantitative estimate of drug-likeness (QED) is 0.552. The average molecular weight is 352 g/mol. The Morgan fingerprint density at radius 3 is 2.59 bits per heavy atom. The fourth-order valence-electron chi connectivity index (χ4n) is 3.15. The molecule has 3 aromatic carbocycles. The van der Waals surface area contributed by atoms with Crippen molar-refractivity contribution in [3.05, 3.63) is 102 Å². The maximum absolute atomic E-state index is 12.6. The summed E-state index contributed by atoms with van der Waals surface area (Å²) in [4.78, 5) is 17.1. The summed E-state index contributed by atoms with van der Waals surface area (Å²) in [7, 11) is 0. The number of para-hydroxylation sites is 1. The Labute approximate surface area is 158 Å². The molecule has 0 bridgehead atoms. The lowest BCUT2D eigenvalue weighted by Crippen LogP contribution is -2.23. The van der Waals surface area contributed by atoms with Crippen LogP contribution in [0.15, 0.2) is 85.1 Å². The van der Waals surface area contributed by atoms with E-state index >= 15 is 0 Å². The number of nitrogens with one attached hydrogen (secondary N) is 1. The van der Waals surface area contributed by atoms with Gasteiger partial charge in [0.05, 0.1) is 5.52 Å². The molecular formula is C24H20N2O. The van der Waals surface area contributed by atoms with E-state index in [2.05, 4.69) is 29.4 Å². The molecule has 0 atom stereocenters. The van der Waals surface area contributed by atoms with Gasteiger partial charge in [0.2, 0.25) is 0 Å². The highest BCUT2D eigenvalue weighted by molar-refractivity contribution is 5.95. The fourth-order valence-corrected chi connectivity index (χ4v) is 3.15. The molecular weight excluding hydrogens is 332 g/mol. The van der Waals surface area contributed by atoms with Crippen molar-refractivity contribution in [3.8, 4) is 11.1 Å². The number of benzene rings is 3. The monoisotopic (exact) mass is 352 g/mol. The van der Waals surface area contributed by atoms with Gasteiger partial charge in [-0.05, 0) is 47.9 Å². The first-order chi connectivity index (χ1) is 13.2. The molecule has 0 fully saturated rings. The maximum Gasteiger partial charge on any atom is 0.251 e. The van der Waals surface area contributed by atoms with Crippen molar-refractivity contribution in [1.29, 1.82) is 0 Å². The van der Waals surface area contributed by atoms with Crippen LogP contribution in [0.5, 0.6) is 0 Å². The smallest absolute Gasteiger partial charge is 0.251 e. The van der Waals surface area contributed by atoms with Crippen LogP contribution in [0.25, 0.3) is 22.0 Å². The van der Waals surface area contributed by atoms with Crippen LogP contribution in [-0.4, -0.2) is 10.9 Å². The maximum atomic E-state index is 12.6. The number of aryl methyl sites for hydroxylation is 1. The number of carbonyl (C=O) groups is 1. The van der Waals surface area contributed by atoms with Gasteiger partial charge in [0.1, 0.15) is 0 Å². The second-order valence-corrected chi connectivity index (χ2v) is 6.61. The summed E-state index contributed by atoms with van der Waals surface area (Å²) >= 11 is 0. The summed E-state index contributed by atoms with van der Waals surface area (Å²) < 4.78 is 0. The van der Waals surface area contributed by atoms with Crippen molar-refractivity contribution in [2.24, 2.45) is 0 Å². The van der Waals surface area contributed by atoms with Crippen LogP contribution in [0.4, 0.5) is 0 Å². The molecule has 4 aromatic rings. The predicted octanol–water partition coefficient (Wildman–Crippen LogP) is 5.14. The highest BCUT2D eigenvalue weighted by Crippen LogP contribution is 2.23.